The third kappa shape index (κ3) is 2.00. The first-order valence-electron chi connectivity index (χ1n) is 5.48. The van der Waals surface area contributed by atoms with Crippen LogP contribution in [0.2, 0.25) is 0 Å². The molecule has 2 rings (SSSR count). The molecule has 2 bridgehead atoms. The van der Waals surface area contributed by atoms with Crippen molar-refractivity contribution < 1.29 is 9.53 Å². The average molecular weight is 198 g/mol. The highest BCUT2D eigenvalue weighted by Gasteiger charge is 2.35. The van der Waals surface area contributed by atoms with Gasteiger partial charge in [0.1, 0.15) is 0 Å². The standard InChI is InChI=1S/C10H18N2O2/c1-2-5-11-10(13)12-6-8-3-4-9(7-12)14-8/h8-9H,2-7H2,1H3,(H,11,13). The minimum atomic E-state index is 0.0760. The molecule has 4 nitrogen and oxygen atoms in total. The molecule has 14 heavy (non-hydrogen) atoms. The van der Waals surface area contributed by atoms with Crippen LogP contribution in [0.3, 0.4) is 0 Å². The number of urea groups is 1. The van der Waals surface area contributed by atoms with E-state index < -0.39 is 0 Å². The summed E-state index contributed by atoms with van der Waals surface area (Å²) in [5, 5.41) is 2.90. The fraction of sp³-hybridized carbons (Fsp3) is 0.900. The Morgan fingerprint density at radius 1 is 1.43 bits per heavy atom. The first kappa shape index (κ1) is 9.77. The minimum Gasteiger partial charge on any atom is -0.371 e. The molecule has 1 N–H and O–H groups in total. The van der Waals surface area contributed by atoms with Gasteiger partial charge < -0.3 is 15.0 Å². The van der Waals surface area contributed by atoms with E-state index in [4.69, 9.17) is 4.74 Å². The number of morpholine rings is 1. The van der Waals surface area contributed by atoms with Crippen LogP contribution in [0.25, 0.3) is 0 Å². The molecule has 2 atom stereocenters. The number of amides is 2. The quantitative estimate of drug-likeness (QED) is 0.718. The molecule has 0 aromatic heterocycles. The summed E-state index contributed by atoms with van der Waals surface area (Å²) in [5.74, 6) is 0. The molecule has 0 aromatic carbocycles. The molecule has 0 aliphatic carbocycles. The van der Waals surface area contributed by atoms with E-state index in [9.17, 15) is 4.79 Å². The van der Waals surface area contributed by atoms with Gasteiger partial charge in [-0.1, -0.05) is 6.92 Å². The molecule has 2 saturated heterocycles. The van der Waals surface area contributed by atoms with Gasteiger partial charge in [0.25, 0.3) is 0 Å². The third-order valence-electron chi connectivity index (χ3n) is 2.86. The molecule has 4 heteroatoms. The first-order chi connectivity index (χ1) is 6.79. The number of nitrogens with zero attached hydrogens (tertiary/aromatic N) is 1. The van der Waals surface area contributed by atoms with E-state index in [1.807, 2.05) is 4.90 Å². The summed E-state index contributed by atoms with van der Waals surface area (Å²) in [6.07, 6.45) is 3.80. The number of carbonyl (C=O) groups excluding carboxylic acids is 1. The van der Waals surface area contributed by atoms with Gasteiger partial charge in [0.05, 0.1) is 12.2 Å². The van der Waals surface area contributed by atoms with Crippen molar-refractivity contribution in [2.75, 3.05) is 19.6 Å². The lowest BCUT2D eigenvalue weighted by molar-refractivity contribution is -0.0237. The Morgan fingerprint density at radius 3 is 2.64 bits per heavy atom. The Balaban J connectivity index is 1.83. The van der Waals surface area contributed by atoms with Crippen LogP contribution >= 0.6 is 0 Å². The van der Waals surface area contributed by atoms with Gasteiger partial charge in [-0.05, 0) is 19.3 Å². The summed E-state index contributed by atoms with van der Waals surface area (Å²) in [4.78, 5) is 13.5. The highest BCUT2D eigenvalue weighted by Crippen LogP contribution is 2.25. The van der Waals surface area contributed by atoms with Gasteiger partial charge in [-0.3, -0.25) is 0 Å². The summed E-state index contributed by atoms with van der Waals surface area (Å²) in [7, 11) is 0. The Labute approximate surface area is 84.6 Å². The predicted molar refractivity (Wildman–Crippen MR) is 53.2 cm³/mol. The number of hydrogen-bond donors (Lipinski definition) is 1. The van der Waals surface area contributed by atoms with Crippen LogP contribution in [-0.4, -0.2) is 42.8 Å². The predicted octanol–water partition coefficient (Wildman–Crippen LogP) is 0.969. The number of fused-ring (bicyclic) bond motifs is 2. The van der Waals surface area contributed by atoms with Gasteiger partial charge in [0.15, 0.2) is 0 Å². The molecule has 2 heterocycles. The molecular weight excluding hydrogens is 180 g/mol. The van der Waals surface area contributed by atoms with Crippen molar-refractivity contribution >= 4 is 6.03 Å². The summed E-state index contributed by atoms with van der Waals surface area (Å²) in [6.45, 7) is 4.37. The Hall–Kier alpha value is -0.770. The minimum absolute atomic E-state index is 0.0760. The molecular formula is C10H18N2O2. The second-order valence-electron chi connectivity index (χ2n) is 4.09. The van der Waals surface area contributed by atoms with Crippen LogP contribution < -0.4 is 5.32 Å². The first-order valence-corrected chi connectivity index (χ1v) is 5.48. The van der Waals surface area contributed by atoms with Crippen LogP contribution in [0.15, 0.2) is 0 Å². The monoisotopic (exact) mass is 198 g/mol. The van der Waals surface area contributed by atoms with Crippen LogP contribution in [0.5, 0.6) is 0 Å². The van der Waals surface area contributed by atoms with Crippen molar-refractivity contribution in [3.8, 4) is 0 Å². The molecule has 2 aliphatic heterocycles. The van der Waals surface area contributed by atoms with Crippen molar-refractivity contribution in [1.82, 2.24) is 10.2 Å². The average Bonchev–Trinajstić information content (AvgIpc) is 2.54. The van der Waals surface area contributed by atoms with Gasteiger partial charge in [-0.15, -0.1) is 0 Å². The van der Waals surface area contributed by atoms with Gasteiger partial charge in [0.2, 0.25) is 0 Å². The van der Waals surface area contributed by atoms with Crippen LogP contribution in [0.1, 0.15) is 26.2 Å². The van der Waals surface area contributed by atoms with Gasteiger partial charge in [0, 0.05) is 19.6 Å². The lowest BCUT2D eigenvalue weighted by Crippen LogP contribution is -2.49. The smallest absolute Gasteiger partial charge is 0.317 e. The van der Waals surface area contributed by atoms with Crippen molar-refractivity contribution in [1.29, 1.82) is 0 Å². The highest BCUT2D eigenvalue weighted by molar-refractivity contribution is 5.74. The molecule has 2 aliphatic rings. The highest BCUT2D eigenvalue weighted by atomic mass is 16.5. The largest absolute Gasteiger partial charge is 0.371 e. The van der Waals surface area contributed by atoms with E-state index in [1.165, 1.54) is 0 Å². The molecule has 2 unspecified atom stereocenters. The molecule has 0 radical (unpaired) electrons. The third-order valence-corrected chi connectivity index (χ3v) is 2.86. The molecule has 80 valence electrons. The molecule has 0 aromatic rings. The number of ether oxygens (including phenoxy) is 1. The topological polar surface area (TPSA) is 41.6 Å². The maximum absolute atomic E-state index is 11.6. The van der Waals surface area contributed by atoms with Crippen LogP contribution in [-0.2, 0) is 4.74 Å². The van der Waals surface area contributed by atoms with E-state index >= 15 is 0 Å². The van der Waals surface area contributed by atoms with Gasteiger partial charge in [-0.2, -0.15) is 0 Å². The fourth-order valence-corrected chi connectivity index (χ4v) is 2.12. The molecule has 0 spiro atoms. The second-order valence-corrected chi connectivity index (χ2v) is 4.09. The number of rotatable bonds is 2. The number of carbonyl (C=O) groups is 1. The summed E-state index contributed by atoms with van der Waals surface area (Å²) < 4.78 is 5.66. The molecule has 2 amide bonds. The zero-order valence-corrected chi connectivity index (χ0v) is 8.66. The van der Waals surface area contributed by atoms with E-state index in [0.29, 0.717) is 12.2 Å². The van der Waals surface area contributed by atoms with Crippen molar-refractivity contribution in [2.24, 2.45) is 0 Å². The molecule has 0 saturated carbocycles. The maximum atomic E-state index is 11.6. The molecule has 2 fully saturated rings. The zero-order valence-electron chi connectivity index (χ0n) is 8.66. The summed E-state index contributed by atoms with van der Waals surface area (Å²) >= 11 is 0. The summed E-state index contributed by atoms with van der Waals surface area (Å²) in [5.41, 5.74) is 0. The Bertz CT molecular complexity index is 208. The number of hydrogen-bond acceptors (Lipinski definition) is 2. The summed E-state index contributed by atoms with van der Waals surface area (Å²) in [6, 6.07) is 0.0760. The zero-order chi connectivity index (χ0) is 9.97. The SMILES string of the molecule is CCCNC(=O)N1CC2CCC(C1)O2. The Kier molecular flexibility index (Phi) is 2.91. The van der Waals surface area contributed by atoms with Gasteiger partial charge in [-0.25, -0.2) is 4.79 Å². The van der Waals surface area contributed by atoms with Crippen LogP contribution in [0, 0.1) is 0 Å². The van der Waals surface area contributed by atoms with E-state index in [-0.39, 0.29) is 6.03 Å². The van der Waals surface area contributed by atoms with Crippen molar-refractivity contribution in [3.05, 3.63) is 0 Å². The van der Waals surface area contributed by atoms with E-state index in [1.54, 1.807) is 0 Å². The van der Waals surface area contributed by atoms with Crippen LogP contribution in [0.4, 0.5) is 4.79 Å². The lowest BCUT2D eigenvalue weighted by atomic mass is 10.2. The number of likely N-dealkylation sites (tertiary alicyclic amines) is 1. The maximum Gasteiger partial charge on any atom is 0.317 e. The van der Waals surface area contributed by atoms with Crippen molar-refractivity contribution in [2.45, 2.75) is 38.4 Å². The normalized spacial score (nSPS) is 30.5. The Morgan fingerprint density at radius 2 is 2.07 bits per heavy atom. The second kappa shape index (κ2) is 4.17. The van der Waals surface area contributed by atoms with E-state index in [2.05, 4.69) is 12.2 Å². The fourth-order valence-electron chi connectivity index (χ4n) is 2.12. The lowest BCUT2D eigenvalue weighted by Gasteiger charge is -2.32. The van der Waals surface area contributed by atoms with Gasteiger partial charge >= 0.3 is 6.03 Å². The van der Waals surface area contributed by atoms with E-state index in [0.717, 1.165) is 38.9 Å². The van der Waals surface area contributed by atoms with Crippen molar-refractivity contribution in [3.63, 3.8) is 0 Å². The number of nitrogens with one attached hydrogen (secondary N) is 1.